The van der Waals surface area contributed by atoms with Crippen molar-refractivity contribution < 1.29 is 9.90 Å². The van der Waals surface area contributed by atoms with Gasteiger partial charge in [0.05, 0.1) is 18.0 Å². The van der Waals surface area contributed by atoms with Crippen LogP contribution in [0.5, 0.6) is 5.75 Å². The van der Waals surface area contributed by atoms with Gasteiger partial charge in [-0.3, -0.25) is 9.78 Å². The van der Waals surface area contributed by atoms with Gasteiger partial charge in [0.1, 0.15) is 23.1 Å². The second-order valence-corrected chi connectivity index (χ2v) is 7.64. The molecule has 0 spiro atoms. The number of aryl methyl sites for hydroxylation is 1. The Morgan fingerprint density at radius 2 is 1.65 bits per heavy atom. The number of hydrogen-bond acceptors (Lipinski definition) is 8. The molecule has 0 unspecified atom stereocenters. The Kier molecular flexibility index (Phi) is 5.66. The Morgan fingerprint density at radius 3 is 2.32 bits per heavy atom. The molecule has 3 heterocycles. The van der Waals surface area contributed by atoms with Gasteiger partial charge in [0.25, 0.3) is 5.91 Å². The summed E-state index contributed by atoms with van der Waals surface area (Å²) in [6.45, 7) is 4.86. The maximum absolute atomic E-state index is 12.2. The molecule has 3 aromatic rings. The Balaban J connectivity index is 1.50. The van der Waals surface area contributed by atoms with Crippen LogP contribution in [0.15, 0.2) is 42.7 Å². The first-order chi connectivity index (χ1) is 14.9. The number of nitrogens with zero attached hydrogens (tertiary/aromatic N) is 7. The largest absolute Gasteiger partial charge is 0.507 e. The zero-order valence-corrected chi connectivity index (χ0v) is 17.9. The first kappa shape index (κ1) is 20.5. The summed E-state index contributed by atoms with van der Waals surface area (Å²) in [6.07, 6.45) is 3.18. The molecule has 9 heteroatoms. The molecule has 1 fully saturated rings. The molecule has 1 N–H and O–H groups in total. The number of anilines is 2. The number of amides is 1. The van der Waals surface area contributed by atoms with E-state index in [1.54, 1.807) is 32.4 Å². The van der Waals surface area contributed by atoms with E-state index < -0.39 is 0 Å². The van der Waals surface area contributed by atoms with Crippen molar-refractivity contribution in [1.82, 2.24) is 24.8 Å². The van der Waals surface area contributed by atoms with Gasteiger partial charge in [0.2, 0.25) is 0 Å². The van der Waals surface area contributed by atoms with Gasteiger partial charge in [-0.2, -0.15) is 0 Å². The topological polar surface area (TPSA) is 98.6 Å². The second kappa shape index (κ2) is 8.55. The van der Waals surface area contributed by atoms with Gasteiger partial charge in [-0.1, -0.05) is 12.1 Å². The summed E-state index contributed by atoms with van der Waals surface area (Å²) in [5, 5.41) is 10.2. The fourth-order valence-electron chi connectivity index (χ4n) is 3.50. The maximum atomic E-state index is 12.2. The minimum absolute atomic E-state index is 0.162. The summed E-state index contributed by atoms with van der Waals surface area (Å²) in [4.78, 5) is 35.9. The van der Waals surface area contributed by atoms with Crippen LogP contribution in [-0.4, -0.2) is 76.1 Å². The first-order valence-electron chi connectivity index (χ1n) is 10.1. The Bertz CT molecular complexity index is 1090. The van der Waals surface area contributed by atoms with Gasteiger partial charge in [-0.25, -0.2) is 15.0 Å². The summed E-state index contributed by atoms with van der Waals surface area (Å²) in [5.41, 5.74) is 1.79. The van der Waals surface area contributed by atoms with Crippen molar-refractivity contribution in [3.8, 4) is 17.1 Å². The highest BCUT2D eigenvalue weighted by Gasteiger charge is 2.22. The quantitative estimate of drug-likeness (QED) is 0.685. The van der Waals surface area contributed by atoms with E-state index in [0.717, 1.165) is 37.7 Å². The lowest BCUT2D eigenvalue weighted by molar-refractivity contribution is 0.0821. The van der Waals surface area contributed by atoms with Crippen molar-refractivity contribution in [3.63, 3.8) is 0 Å². The number of carbonyl (C=O) groups is 1. The molecule has 1 saturated heterocycles. The van der Waals surface area contributed by atoms with E-state index in [0.29, 0.717) is 22.9 Å². The average Bonchev–Trinajstić information content (AvgIpc) is 2.78. The Hall–Kier alpha value is -3.75. The molecule has 9 nitrogen and oxygen atoms in total. The van der Waals surface area contributed by atoms with Gasteiger partial charge < -0.3 is 19.8 Å². The third-order valence-corrected chi connectivity index (χ3v) is 5.16. The van der Waals surface area contributed by atoms with Gasteiger partial charge in [0.15, 0.2) is 5.82 Å². The summed E-state index contributed by atoms with van der Waals surface area (Å²) in [7, 11) is 3.39. The molecule has 0 aliphatic carbocycles. The van der Waals surface area contributed by atoms with E-state index in [-0.39, 0.29) is 11.7 Å². The molecule has 2 aromatic heterocycles. The summed E-state index contributed by atoms with van der Waals surface area (Å²) in [6, 6.07) is 9.03. The number of aromatic hydroxyl groups is 1. The minimum Gasteiger partial charge on any atom is -0.507 e. The van der Waals surface area contributed by atoms with Crippen LogP contribution < -0.4 is 9.80 Å². The summed E-state index contributed by atoms with van der Waals surface area (Å²) >= 11 is 0. The lowest BCUT2D eigenvalue weighted by Crippen LogP contribution is -2.47. The lowest BCUT2D eigenvalue weighted by Gasteiger charge is -2.36. The number of phenolic OH excluding ortho intramolecular Hbond substituents is 1. The fourth-order valence-corrected chi connectivity index (χ4v) is 3.50. The predicted molar refractivity (Wildman–Crippen MR) is 118 cm³/mol. The van der Waals surface area contributed by atoms with Gasteiger partial charge >= 0.3 is 0 Å². The highest BCUT2D eigenvalue weighted by atomic mass is 16.3. The number of aromatic nitrogens is 4. The summed E-state index contributed by atoms with van der Waals surface area (Å²) in [5.74, 6) is 2.03. The molecule has 1 aliphatic rings. The van der Waals surface area contributed by atoms with Crippen LogP contribution in [0.4, 0.5) is 11.6 Å². The molecule has 31 heavy (non-hydrogen) atoms. The van der Waals surface area contributed by atoms with Crippen molar-refractivity contribution in [2.75, 3.05) is 50.1 Å². The molecule has 1 aromatic carbocycles. The molecule has 1 amide bonds. The number of carbonyl (C=O) groups excluding carboxylic acids is 1. The van der Waals surface area contributed by atoms with Crippen LogP contribution in [0.3, 0.4) is 0 Å². The summed E-state index contributed by atoms with van der Waals surface area (Å²) < 4.78 is 0. The molecule has 0 bridgehead atoms. The average molecular weight is 419 g/mol. The first-order valence-corrected chi connectivity index (χ1v) is 10.1. The molecule has 160 valence electrons. The Labute approximate surface area is 181 Å². The zero-order chi connectivity index (χ0) is 22.0. The van der Waals surface area contributed by atoms with Crippen molar-refractivity contribution in [2.45, 2.75) is 6.92 Å². The van der Waals surface area contributed by atoms with Crippen molar-refractivity contribution >= 4 is 17.5 Å². The van der Waals surface area contributed by atoms with Crippen LogP contribution in [0, 0.1) is 6.92 Å². The van der Waals surface area contributed by atoms with Crippen LogP contribution in [0.25, 0.3) is 11.4 Å². The molecule has 0 radical (unpaired) electrons. The second-order valence-electron chi connectivity index (χ2n) is 7.64. The molecule has 1 aliphatic heterocycles. The number of piperazine rings is 1. The molecule has 0 atom stereocenters. The fraction of sp³-hybridized carbons (Fsp3) is 0.318. The normalized spacial score (nSPS) is 13.9. The highest BCUT2D eigenvalue weighted by molar-refractivity contribution is 5.91. The smallest absolute Gasteiger partial charge is 0.273 e. The maximum Gasteiger partial charge on any atom is 0.273 e. The van der Waals surface area contributed by atoms with E-state index in [4.69, 9.17) is 4.98 Å². The third-order valence-electron chi connectivity index (χ3n) is 5.16. The van der Waals surface area contributed by atoms with Gasteiger partial charge in [-0.15, -0.1) is 0 Å². The van der Waals surface area contributed by atoms with Crippen molar-refractivity contribution in [2.24, 2.45) is 0 Å². The van der Waals surface area contributed by atoms with E-state index in [2.05, 4.69) is 24.8 Å². The standard InChI is InChI=1S/C22H25N7O2/c1-15-12-19(26-21(24-15)16-6-4-5-7-18(16)30)28-8-10-29(11-9-28)20-14-23-13-17(25-20)22(31)27(2)3/h4-7,12-14,30H,8-11H2,1-3H3. The van der Waals surface area contributed by atoms with E-state index in [1.807, 2.05) is 25.1 Å². The van der Waals surface area contributed by atoms with E-state index in [9.17, 15) is 9.90 Å². The SMILES string of the molecule is Cc1cc(N2CCN(c3cncc(C(=O)N(C)C)n3)CC2)nc(-c2ccccc2O)n1. The van der Waals surface area contributed by atoms with Gasteiger partial charge in [0, 0.05) is 52.0 Å². The van der Waals surface area contributed by atoms with Crippen LogP contribution in [0.2, 0.25) is 0 Å². The van der Waals surface area contributed by atoms with E-state index >= 15 is 0 Å². The predicted octanol–water partition coefficient (Wildman–Crippen LogP) is 1.98. The molecule has 0 saturated carbocycles. The van der Waals surface area contributed by atoms with Crippen LogP contribution in [-0.2, 0) is 0 Å². The minimum atomic E-state index is -0.166. The van der Waals surface area contributed by atoms with Crippen LogP contribution >= 0.6 is 0 Å². The number of para-hydroxylation sites is 1. The zero-order valence-electron chi connectivity index (χ0n) is 17.9. The van der Waals surface area contributed by atoms with Crippen molar-refractivity contribution in [1.29, 1.82) is 0 Å². The number of phenols is 1. The van der Waals surface area contributed by atoms with Gasteiger partial charge in [-0.05, 0) is 19.1 Å². The van der Waals surface area contributed by atoms with E-state index in [1.165, 1.54) is 11.1 Å². The molecular formula is C22H25N7O2. The number of rotatable bonds is 4. The number of hydrogen-bond donors (Lipinski definition) is 1. The number of benzene rings is 1. The Morgan fingerprint density at radius 1 is 0.968 bits per heavy atom. The van der Waals surface area contributed by atoms with Crippen LogP contribution in [0.1, 0.15) is 16.2 Å². The highest BCUT2D eigenvalue weighted by Crippen LogP contribution is 2.28. The third kappa shape index (κ3) is 4.40. The molecule has 4 rings (SSSR count). The van der Waals surface area contributed by atoms with Crippen molar-refractivity contribution in [3.05, 3.63) is 54.1 Å². The molecular weight excluding hydrogens is 394 g/mol. The lowest BCUT2D eigenvalue weighted by atomic mass is 10.2. The monoisotopic (exact) mass is 419 g/mol.